The number of amides is 1. The zero-order valence-corrected chi connectivity index (χ0v) is 15.6. The number of anilines is 1. The minimum atomic E-state index is -1.18. The van der Waals surface area contributed by atoms with Crippen LogP contribution in [-0.4, -0.2) is 27.9 Å². The smallest absolute Gasteiger partial charge is 0.337 e. The summed E-state index contributed by atoms with van der Waals surface area (Å²) < 4.78 is 0. The third-order valence-corrected chi connectivity index (χ3v) is 4.86. The van der Waals surface area contributed by atoms with Crippen LogP contribution in [0.25, 0.3) is 0 Å². The first-order valence-electron chi connectivity index (χ1n) is 7.88. The lowest BCUT2D eigenvalue weighted by Crippen LogP contribution is -2.27. The number of aromatic carboxylic acids is 1. The molecular formula is C19H18ClNO4S. The van der Waals surface area contributed by atoms with Crippen LogP contribution in [0.2, 0.25) is 5.02 Å². The van der Waals surface area contributed by atoms with Crippen LogP contribution < -0.4 is 5.32 Å². The summed E-state index contributed by atoms with van der Waals surface area (Å²) in [7, 11) is 0. The third-order valence-electron chi connectivity index (χ3n) is 3.65. The van der Waals surface area contributed by atoms with E-state index in [9.17, 15) is 19.5 Å². The van der Waals surface area contributed by atoms with Crippen molar-refractivity contribution in [3.8, 4) is 0 Å². The predicted molar refractivity (Wildman–Crippen MR) is 104 cm³/mol. The van der Waals surface area contributed by atoms with Gasteiger partial charge in [-0.15, -0.1) is 0 Å². The molecule has 1 unspecified atom stereocenters. The lowest BCUT2D eigenvalue weighted by atomic mass is 10.00. The Labute approximate surface area is 160 Å². The number of carbonyl (C=O) groups is 3. The van der Waals surface area contributed by atoms with Crippen molar-refractivity contribution >= 4 is 46.0 Å². The fourth-order valence-electron chi connectivity index (χ4n) is 2.38. The molecule has 7 heteroatoms. The molecule has 0 aliphatic heterocycles. The van der Waals surface area contributed by atoms with Gasteiger partial charge in [0.25, 0.3) is 0 Å². The van der Waals surface area contributed by atoms with Crippen LogP contribution in [-0.2, 0) is 16.0 Å². The van der Waals surface area contributed by atoms with Crippen molar-refractivity contribution < 1.29 is 19.5 Å². The number of carboxylic acid groups (broad SMARTS) is 1. The van der Waals surface area contributed by atoms with Gasteiger partial charge in [0.05, 0.1) is 17.2 Å². The summed E-state index contributed by atoms with van der Waals surface area (Å²) in [5.41, 5.74) is 1.06. The van der Waals surface area contributed by atoms with E-state index in [-0.39, 0.29) is 27.3 Å². The van der Waals surface area contributed by atoms with Gasteiger partial charge in [0.1, 0.15) is 0 Å². The zero-order chi connectivity index (χ0) is 19.1. The quantitative estimate of drug-likeness (QED) is 0.741. The Morgan fingerprint density at radius 3 is 2.46 bits per heavy atom. The zero-order valence-electron chi connectivity index (χ0n) is 14.1. The molecule has 0 heterocycles. The predicted octanol–water partition coefficient (Wildman–Crippen LogP) is 4.12. The van der Waals surface area contributed by atoms with Crippen molar-refractivity contribution in [2.75, 3.05) is 11.1 Å². The van der Waals surface area contributed by atoms with Crippen molar-refractivity contribution in [2.45, 2.75) is 13.3 Å². The number of carbonyl (C=O) groups excluding carboxylic acids is 2. The van der Waals surface area contributed by atoms with E-state index in [1.54, 1.807) is 0 Å². The third kappa shape index (κ3) is 5.89. The molecule has 0 spiro atoms. The first-order valence-corrected chi connectivity index (χ1v) is 9.24. The second-order valence-corrected chi connectivity index (χ2v) is 7.31. The van der Waals surface area contributed by atoms with Crippen LogP contribution in [0.4, 0.5) is 5.69 Å². The van der Waals surface area contributed by atoms with E-state index < -0.39 is 11.9 Å². The largest absolute Gasteiger partial charge is 0.478 e. The molecule has 0 saturated carbocycles. The average Bonchev–Trinajstić information content (AvgIpc) is 2.60. The summed E-state index contributed by atoms with van der Waals surface area (Å²) in [5, 5.41) is 12.2. The molecule has 0 bridgehead atoms. The first kappa shape index (κ1) is 20.0. The number of hydrogen-bond acceptors (Lipinski definition) is 4. The number of hydrogen-bond donors (Lipinski definition) is 2. The summed E-state index contributed by atoms with van der Waals surface area (Å²) in [6.45, 7) is 1.45. The lowest BCUT2D eigenvalue weighted by molar-refractivity contribution is -0.119. The standard InChI is InChI=1S/C19H18ClNO4S/c1-12(22)26-11-14(9-13-5-3-2-4-6-13)18(23)21-17-8-7-15(20)10-16(17)19(24)25/h2-8,10,14H,9,11H2,1H3,(H,21,23)(H,24,25). The highest BCUT2D eigenvalue weighted by atomic mass is 35.5. The van der Waals surface area contributed by atoms with Gasteiger partial charge in [0.2, 0.25) is 5.91 Å². The van der Waals surface area contributed by atoms with Crippen LogP contribution in [0.5, 0.6) is 0 Å². The van der Waals surface area contributed by atoms with Gasteiger partial charge >= 0.3 is 5.97 Å². The van der Waals surface area contributed by atoms with Crippen molar-refractivity contribution in [1.82, 2.24) is 0 Å². The van der Waals surface area contributed by atoms with Gasteiger partial charge in [-0.05, 0) is 30.2 Å². The van der Waals surface area contributed by atoms with Crippen molar-refractivity contribution in [3.63, 3.8) is 0 Å². The van der Waals surface area contributed by atoms with Gasteiger partial charge in [-0.3, -0.25) is 9.59 Å². The highest BCUT2D eigenvalue weighted by Crippen LogP contribution is 2.23. The Hall–Kier alpha value is -2.31. The SMILES string of the molecule is CC(=O)SCC(Cc1ccccc1)C(=O)Nc1ccc(Cl)cc1C(=O)O. The van der Waals surface area contributed by atoms with E-state index in [2.05, 4.69) is 5.32 Å². The van der Waals surface area contributed by atoms with E-state index in [4.69, 9.17) is 11.6 Å². The number of rotatable bonds is 7. The van der Waals surface area contributed by atoms with Gasteiger partial charge in [-0.1, -0.05) is 53.7 Å². The molecule has 5 nitrogen and oxygen atoms in total. The lowest BCUT2D eigenvalue weighted by Gasteiger charge is -2.17. The van der Waals surface area contributed by atoms with Gasteiger partial charge in [-0.25, -0.2) is 4.79 Å². The maximum Gasteiger partial charge on any atom is 0.337 e. The van der Waals surface area contributed by atoms with Crippen molar-refractivity contribution in [1.29, 1.82) is 0 Å². The fraction of sp³-hybridized carbons (Fsp3) is 0.211. The number of thioether (sulfide) groups is 1. The number of halogens is 1. The summed E-state index contributed by atoms with van der Waals surface area (Å²) in [6, 6.07) is 13.7. The monoisotopic (exact) mass is 391 g/mol. The molecule has 2 rings (SSSR count). The minimum Gasteiger partial charge on any atom is -0.478 e. The second kappa shape index (κ2) is 9.40. The molecule has 2 N–H and O–H groups in total. The minimum absolute atomic E-state index is 0.0754. The van der Waals surface area contributed by atoms with Crippen molar-refractivity contribution in [2.24, 2.45) is 5.92 Å². The number of carboxylic acids is 1. The molecule has 0 aromatic heterocycles. The van der Waals surface area contributed by atoms with E-state index >= 15 is 0 Å². The topological polar surface area (TPSA) is 83.5 Å². The van der Waals surface area contributed by atoms with E-state index in [1.807, 2.05) is 30.3 Å². The molecule has 26 heavy (non-hydrogen) atoms. The Morgan fingerprint density at radius 1 is 1.15 bits per heavy atom. The van der Waals surface area contributed by atoms with Crippen molar-refractivity contribution in [3.05, 3.63) is 64.7 Å². The normalized spacial score (nSPS) is 11.6. The van der Waals surface area contributed by atoms with Gasteiger partial charge in [0, 0.05) is 17.7 Å². The molecule has 0 radical (unpaired) electrons. The Kier molecular flexibility index (Phi) is 7.24. The van der Waals surface area contributed by atoms with Gasteiger partial charge < -0.3 is 10.4 Å². The van der Waals surface area contributed by atoms with E-state index in [1.165, 1.54) is 25.1 Å². The summed E-state index contributed by atoms with van der Waals surface area (Å²) in [6.07, 6.45) is 0.447. The molecule has 0 aliphatic carbocycles. The molecule has 0 aliphatic rings. The maximum absolute atomic E-state index is 12.7. The molecule has 0 saturated heterocycles. The van der Waals surface area contributed by atoms with Gasteiger partial charge in [-0.2, -0.15) is 0 Å². The molecule has 1 amide bonds. The highest BCUT2D eigenvalue weighted by Gasteiger charge is 2.22. The van der Waals surface area contributed by atoms with E-state index in [0.717, 1.165) is 17.3 Å². The summed E-state index contributed by atoms with van der Waals surface area (Å²) in [4.78, 5) is 35.4. The summed E-state index contributed by atoms with van der Waals surface area (Å²) in [5.74, 6) is -1.69. The molecule has 136 valence electrons. The van der Waals surface area contributed by atoms with Crippen LogP contribution in [0.15, 0.2) is 48.5 Å². The van der Waals surface area contributed by atoms with Crippen LogP contribution in [0.1, 0.15) is 22.8 Å². The van der Waals surface area contributed by atoms with Gasteiger partial charge in [0.15, 0.2) is 5.12 Å². The van der Waals surface area contributed by atoms with E-state index in [0.29, 0.717) is 12.2 Å². The van der Waals surface area contributed by atoms with Crippen LogP contribution in [0.3, 0.4) is 0 Å². The average molecular weight is 392 g/mol. The maximum atomic E-state index is 12.7. The molecular weight excluding hydrogens is 374 g/mol. The molecule has 0 fully saturated rings. The molecule has 1 atom stereocenters. The Balaban J connectivity index is 2.20. The Bertz CT molecular complexity index is 810. The van der Waals surface area contributed by atoms with Crippen LogP contribution >= 0.6 is 23.4 Å². The fourth-order valence-corrected chi connectivity index (χ4v) is 3.26. The molecule has 2 aromatic carbocycles. The summed E-state index contributed by atoms with van der Waals surface area (Å²) >= 11 is 6.91. The number of benzene rings is 2. The highest BCUT2D eigenvalue weighted by molar-refractivity contribution is 8.13. The molecule has 2 aromatic rings. The first-order chi connectivity index (χ1) is 12.4. The second-order valence-electron chi connectivity index (χ2n) is 5.67. The number of nitrogens with one attached hydrogen (secondary N) is 1. The Morgan fingerprint density at radius 2 is 1.85 bits per heavy atom. The van der Waals surface area contributed by atoms with Crippen LogP contribution in [0, 0.1) is 5.92 Å².